The molecule has 1 saturated carbocycles. The summed E-state index contributed by atoms with van der Waals surface area (Å²) in [4.78, 5) is 18.2. The molecule has 0 unspecified atom stereocenters. The highest BCUT2D eigenvalue weighted by molar-refractivity contribution is 5.79. The molecule has 0 N–H and O–H groups in total. The number of nitrogens with zero attached hydrogens (tertiary/aromatic N) is 2. The summed E-state index contributed by atoms with van der Waals surface area (Å²) < 4.78 is 0. The maximum Gasteiger partial charge on any atom is 0.132 e. The number of ketones is 1. The Kier molecular flexibility index (Phi) is 4.81. The van der Waals surface area contributed by atoms with Gasteiger partial charge in [-0.15, -0.1) is 0 Å². The van der Waals surface area contributed by atoms with Crippen LogP contribution in [-0.4, -0.2) is 35.3 Å². The summed E-state index contributed by atoms with van der Waals surface area (Å²) in [7, 11) is 0. The zero-order valence-corrected chi connectivity index (χ0v) is 12.6. The quantitative estimate of drug-likeness (QED) is 0.850. The average Bonchev–Trinajstić information content (AvgIpc) is 2.56. The van der Waals surface area contributed by atoms with Gasteiger partial charge in [0.25, 0.3) is 0 Å². The molecule has 2 aliphatic rings. The smallest absolute Gasteiger partial charge is 0.132 e. The Bertz CT molecular complexity index is 499. The minimum atomic E-state index is 0.465. The fourth-order valence-electron chi connectivity index (χ4n) is 3.35. The lowest BCUT2D eigenvalue weighted by Crippen LogP contribution is -2.31. The lowest BCUT2D eigenvalue weighted by molar-refractivity contribution is -0.121. The van der Waals surface area contributed by atoms with Crippen LogP contribution in [0.2, 0.25) is 0 Å². The minimum Gasteiger partial charge on any atom is -0.300 e. The van der Waals surface area contributed by atoms with Crippen molar-refractivity contribution in [1.29, 1.82) is 0 Å². The minimum absolute atomic E-state index is 0.465. The topological polar surface area (TPSA) is 33.2 Å². The van der Waals surface area contributed by atoms with Crippen molar-refractivity contribution in [2.24, 2.45) is 5.92 Å². The first kappa shape index (κ1) is 14.5. The highest BCUT2D eigenvalue weighted by atomic mass is 16.1. The molecule has 3 nitrogen and oxygen atoms in total. The van der Waals surface area contributed by atoms with Gasteiger partial charge in [0, 0.05) is 32.1 Å². The van der Waals surface area contributed by atoms with Crippen molar-refractivity contribution in [3.8, 4) is 0 Å². The Labute approximate surface area is 127 Å². The van der Waals surface area contributed by atoms with Gasteiger partial charge in [0.1, 0.15) is 5.78 Å². The van der Waals surface area contributed by atoms with E-state index < -0.39 is 0 Å². The fraction of sp³-hybridized carbons (Fsp3) is 0.556. The molecule has 0 aromatic carbocycles. The lowest BCUT2D eigenvalue weighted by atomic mass is 9.86. The number of hydrogen-bond acceptors (Lipinski definition) is 3. The van der Waals surface area contributed by atoms with Crippen LogP contribution in [-0.2, 0) is 4.79 Å². The number of rotatable bonds is 4. The summed E-state index contributed by atoms with van der Waals surface area (Å²) in [6.07, 6.45) is 10.4. The van der Waals surface area contributed by atoms with Crippen molar-refractivity contribution in [3.63, 3.8) is 0 Å². The average molecular weight is 284 g/mol. The highest BCUT2D eigenvalue weighted by Gasteiger charge is 2.20. The number of pyridine rings is 1. The van der Waals surface area contributed by atoms with Crippen LogP contribution < -0.4 is 0 Å². The Morgan fingerprint density at radius 3 is 2.71 bits per heavy atom. The van der Waals surface area contributed by atoms with Crippen LogP contribution >= 0.6 is 0 Å². The molecule has 0 atom stereocenters. The molecule has 1 fully saturated rings. The number of Topliss-reactive ketones (excluding diaryl/α,β-unsaturated/α-hetero) is 1. The van der Waals surface area contributed by atoms with Crippen LogP contribution in [0.3, 0.4) is 0 Å². The molecule has 0 saturated heterocycles. The van der Waals surface area contributed by atoms with Gasteiger partial charge in [0.2, 0.25) is 0 Å². The molecule has 1 aromatic rings. The molecule has 1 aliphatic carbocycles. The summed E-state index contributed by atoms with van der Waals surface area (Å²) in [6.45, 7) is 3.34. The molecular formula is C18H24N2O. The number of carbonyl (C=O) groups is 1. The Hall–Kier alpha value is -1.48. The second-order valence-electron chi connectivity index (χ2n) is 6.27. The van der Waals surface area contributed by atoms with Gasteiger partial charge in [-0.05, 0) is 55.9 Å². The second kappa shape index (κ2) is 6.99. The first-order valence-electron chi connectivity index (χ1n) is 8.16. The van der Waals surface area contributed by atoms with E-state index in [1.54, 1.807) is 0 Å². The van der Waals surface area contributed by atoms with E-state index in [0.717, 1.165) is 56.8 Å². The molecular weight excluding hydrogens is 260 g/mol. The van der Waals surface area contributed by atoms with Crippen LogP contribution in [0.25, 0.3) is 5.57 Å². The molecule has 3 rings (SSSR count). The molecule has 21 heavy (non-hydrogen) atoms. The summed E-state index contributed by atoms with van der Waals surface area (Å²) >= 11 is 0. The zero-order chi connectivity index (χ0) is 14.5. The standard InChI is InChI=1S/C18H24N2O/c21-17-6-4-15(5-7-17)8-12-20-13-9-16(10-14-20)18-3-1-2-11-19-18/h1-3,9,11,15H,4-8,10,12-14H2. The zero-order valence-electron chi connectivity index (χ0n) is 12.6. The predicted octanol–water partition coefficient (Wildman–Crippen LogP) is 3.32. The van der Waals surface area contributed by atoms with Crippen molar-refractivity contribution in [2.45, 2.75) is 38.5 Å². The van der Waals surface area contributed by atoms with E-state index in [1.165, 1.54) is 18.5 Å². The van der Waals surface area contributed by atoms with E-state index in [-0.39, 0.29) is 0 Å². The van der Waals surface area contributed by atoms with E-state index in [1.807, 2.05) is 12.3 Å². The van der Waals surface area contributed by atoms with Gasteiger partial charge in [-0.1, -0.05) is 12.1 Å². The third kappa shape index (κ3) is 4.01. The van der Waals surface area contributed by atoms with E-state index in [4.69, 9.17) is 0 Å². The normalized spacial score (nSPS) is 21.3. The van der Waals surface area contributed by atoms with E-state index in [2.05, 4.69) is 28.1 Å². The molecule has 1 aliphatic heterocycles. The van der Waals surface area contributed by atoms with E-state index in [9.17, 15) is 4.79 Å². The third-order valence-electron chi connectivity index (χ3n) is 4.80. The maximum absolute atomic E-state index is 11.3. The van der Waals surface area contributed by atoms with Crippen molar-refractivity contribution in [1.82, 2.24) is 9.88 Å². The Morgan fingerprint density at radius 2 is 2.05 bits per heavy atom. The van der Waals surface area contributed by atoms with Gasteiger partial charge < -0.3 is 0 Å². The first-order valence-corrected chi connectivity index (χ1v) is 8.16. The van der Waals surface area contributed by atoms with Gasteiger partial charge in [0.15, 0.2) is 0 Å². The first-order chi connectivity index (χ1) is 10.3. The molecule has 3 heteroatoms. The van der Waals surface area contributed by atoms with Gasteiger partial charge in [-0.3, -0.25) is 14.7 Å². The van der Waals surface area contributed by atoms with Crippen LogP contribution in [0.5, 0.6) is 0 Å². The van der Waals surface area contributed by atoms with Crippen LogP contribution in [0.15, 0.2) is 30.5 Å². The van der Waals surface area contributed by atoms with Crippen LogP contribution in [0.4, 0.5) is 0 Å². The van der Waals surface area contributed by atoms with Crippen molar-refractivity contribution in [3.05, 3.63) is 36.2 Å². The summed E-state index contributed by atoms with van der Waals surface area (Å²) in [5.74, 6) is 1.23. The number of aromatic nitrogens is 1. The van der Waals surface area contributed by atoms with Gasteiger partial charge >= 0.3 is 0 Å². The van der Waals surface area contributed by atoms with Crippen molar-refractivity contribution in [2.75, 3.05) is 19.6 Å². The number of hydrogen-bond donors (Lipinski definition) is 0. The molecule has 112 valence electrons. The fourth-order valence-corrected chi connectivity index (χ4v) is 3.35. The largest absolute Gasteiger partial charge is 0.300 e. The van der Waals surface area contributed by atoms with Crippen molar-refractivity contribution < 1.29 is 4.79 Å². The molecule has 0 radical (unpaired) electrons. The molecule has 0 spiro atoms. The van der Waals surface area contributed by atoms with Crippen molar-refractivity contribution >= 4 is 11.4 Å². The van der Waals surface area contributed by atoms with Crippen LogP contribution in [0, 0.1) is 5.92 Å². The van der Waals surface area contributed by atoms with Crippen LogP contribution in [0.1, 0.15) is 44.2 Å². The molecule has 0 bridgehead atoms. The molecule has 0 amide bonds. The third-order valence-corrected chi connectivity index (χ3v) is 4.80. The van der Waals surface area contributed by atoms with E-state index >= 15 is 0 Å². The second-order valence-corrected chi connectivity index (χ2v) is 6.27. The highest BCUT2D eigenvalue weighted by Crippen LogP contribution is 2.26. The van der Waals surface area contributed by atoms with Gasteiger partial charge in [-0.25, -0.2) is 0 Å². The lowest BCUT2D eigenvalue weighted by Gasteiger charge is -2.29. The molecule has 2 heterocycles. The Morgan fingerprint density at radius 1 is 1.19 bits per heavy atom. The number of carbonyl (C=O) groups excluding carboxylic acids is 1. The predicted molar refractivity (Wildman–Crippen MR) is 84.9 cm³/mol. The maximum atomic E-state index is 11.3. The monoisotopic (exact) mass is 284 g/mol. The summed E-state index contributed by atoms with van der Waals surface area (Å²) in [5, 5.41) is 0. The van der Waals surface area contributed by atoms with E-state index in [0.29, 0.717) is 5.78 Å². The van der Waals surface area contributed by atoms with Gasteiger partial charge in [0.05, 0.1) is 5.69 Å². The summed E-state index contributed by atoms with van der Waals surface area (Å²) in [5.41, 5.74) is 2.51. The Balaban J connectivity index is 1.45. The SMILES string of the molecule is O=C1CCC(CCN2CC=C(c3ccccn3)CC2)CC1. The summed E-state index contributed by atoms with van der Waals surface area (Å²) in [6, 6.07) is 6.12. The van der Waals surface area contributed by atoms with Gasteiger partial charge in [-0.2, -0.15) is 0 Å². The molecule has 1 aromatic heterocycles.